The Morgan fingerprint density at radius 2 is 1.79 bits per heavy atom. The smallest absolute Gasteiger partial charge is 0.221 e. The molecule has 1 heterocycles. The van der Waals surface area contributed by atoms with Crippen LogP contribution >= 0.6 is 12.2 Å². The molecule has 1 aromatic rings. The molecule has 1 aliphatic heterocycles. The first-order valence-corrected chi connectivity index (χ1v) is 6.99. The monoisotopic (exact) mass is 277 g/mol. The van der Waals surface area contributed by atoms with E-state index in [1.165, 1.54) is 26.2 Å². The summed E-state index contributed by atoms with van der Waals surface area (Å²) in [4.78, 5) is 13.2. The van der Waals surface area contributed by atoms with Crippen LogP contribution in [-0.4, -0.2) is 29.0 Å². The van der Waals surface area contributed by atoms with Crippen molar-refractivity contribution < 1.29 is 4.79 Å². The number of carbonyl (C=O) groups is 1. The molecule has 0 radical (unpaired) electrons. The van der Waals surface area contributed by atoms with Gasteiger partial charge in [-0.1, -0.05) is 6.07 Å². The van der Waals surface area contributed by atoms with Gasteiger partial charge in [-0.05, 0) is 49.7 Å². The Balaban J connectivity index is 1.97. The largest absolute Gasteiger partial charge is 0.349 e. The standard InChI is InChI=1S/C14H19N3OS/c1-11(18)15-12-6-5-7-13(10-12)16-14(19)17-8-3-2-4-9-17/h5-7,10H,2-4,8-9H2,1H3,(H,15,18)(H,16,19). The molecule has 1 aromatic carbocycles. The molecule has 0 bridgehead atoms. The molecule has 1 fully saturated rings. The molecular weight excluding hydrogens is 258 g/mol. The zero-order valence-electron chi connectivity index (χ0n) is 11.1. The van der Waals surface area contributed by atoms with Crippen molar-refractivity contribution in [3.63, 3.8) is 0 Å². The Bertz CT molecular complexity index is 470. The fourth-order valence-corrected chi connectivity index (χ4v) is 2.48. The second kappa shape index (κ2) is 6.52. The summed E-state index contributed by atoms with van der Waals surface area (Å²) in [5, 5.41) is 6.76. The van der Waals surface area contributed by atoms with Gasteiger partial charge in [-0.3, -0.25) is 4.79 Å². The quantitative estimate of drug-likeness (QED) is 0.816. The van der Waals surface area contributed by atoms with Crippen LogP contribution in [0.3, 0.4) is 0 Å². The second-order valence-electron chi connectivity index (χ2n) is 4.74. The number of hydrogen-bond donors (Lipinski definition) is 2. The predicted molar refractivity (Wildman–Crippen MR) is 82.4 cm³/mol. The second-order valence-corrected chi connectivity index (χ2v) is 5.13. The summed E-state index contributed by atoms with van der Waals surface area (Å²) in [5.74, 6) is -0.0734. The molecule has 4 nitrogen and oxygen atoms in total. The maximum atomic E-state index is 11.0. The maximum absolute atomic E-state index is 11.0. The van der Waals surface area contributed by atoms with Gasteiger partial charge in [0.2, 0.25) is 5.91 Å². The highest BCUT2D eigenvalue weighted by atomic mass is 32.1. The van der Waals surface area contributed by atoms with E-state index in [2.05, 4.69) is 15.5 Å². The maximum Gasteiger partial charge on any atom is 0.221 e. The van der Waals surface area contributed by atoms with E-state index in [9.17, 15) is 4.79 Å². The molecule has 0 unspecified atom stereocenters. The predicted octanol–water partition coefficient (Wildman–Crippen LogP) is 2.83. The zero-order valence-corrected chi connectivity index (χ0v) is 11.9. The average Bonchev–Trinajstić information content (AvgIpc) is 2.39. The molecule has 1 saturated heterocycles. The van der Waals surface area contributed by atoms with Crippen molar-refractivity contribution in [3.05, 3.63) is 24.3 Å². The minimum absolute atomic E-state index is 0.0734. The highest BCUT2D eigenvalue weighted by Gasteiger charge is 2.13. The van der Waals surface area contributed by atoms with Gasteiger partial charge in [0.25, 0.3) is 0 Å². The molecule has 0 spiro atoms. The summed E-state index contributed by atoms with van der Waals surface area (Å²) in [6.45, 7) is 3.55. The lowest BCUT2D eigenvalue weighted by molar-refractivity contribution is -0.114. The summed E-state index contributed by atoms with van der Waals surface area (Å²) in [6, 6.07) is 7.59. The fraction of sp³-hybridized carbons (Fsp3) is 0.429. The molecule has 0 atom stereocenters. The van der Waals surface area contributed by atoms with Gasteiger partial charge < -0.3 is 15.5 Å². The van der Waals surface area contributed by atoms with Gasteiger partial charge in [-0.15, -0.1) is 0 Å². The van der Waals surface area contributed by atoms with Crippen LogP contribution in [0.4, 0.5) is 11.4 Å². The number of thiocarbonyl (C=S) groups is 1. The van der Waals surface area contributed by atoms with Crippen molar-refractivity contribution in [1.82, 2.24) is 4.90 Å². The minimum atomic E-state index is -0.0734. The van der Waals surface area contributed by atoms with Crippen LogP contribution in [0.5, 0.6) is 0 Å². The van der Waals surface area contributed by atoms with E-state index in [-0.39, 0.29) is 5.91 Å². The Hall–Kier alpha value is -1.62. The fourth-order valence-electron chi connectivity index (χ4n) is 2.18. The Kier molecular flexibility index (Phi) is 4.74. The average molecular weight is 277 g/mol. The lowest BCUT2D eigenvalue weighted by atomic mass is 10.1. The number of nitrogens with one attached hydrogen (secondary N) is 2. The van der Waals surface area contributed by atoms with E-state index >= 15 is 0 Å². The summed E-state index contributed by atoms with van der Waals surface area (Å²) in [5.41, 5.74) is 1.68. The van der Waals surface area contributed by atoms with Gasteiger partial charge in [-0.2, -0.15) is 0 Å². The summed E-state index contributed by atoms with van der Waals surface area (Å²) in [6.07, 6.45) is 3.69. The Labute approximate surface area is 119 Å². The van der Waals surface area contributed by atoms with Gasteiger partial charge >= 0.3 is 0 Å². The lowest BCUT2D eigenvalue weighted by Crippen LogP contribution is -2.38. The van der Waals surface area contributed by atoms with Crippen LogP contribution in [0.25, 0.3) is 0 Å². The number of amides is 1. The first kappa shape index (κ1) is 13.8. The van der Waals surface area contributed by atoms with Crippen molar-refractivity contribution in [2.75, 3.05) is 23.7 Å². The molecule has 1 amide bonds. The van der Waals surface area contributed by atoms with Gasteiger partial charge in [0.05, 0.1) is 0 Å². The third kappa shape index (κ3) is 4.21. The van der Waals surface area contributed by atoms with Gasteiger partial charge in [0, 0.05) is 31.4 Å². The lowest BCUT2D eigenvalue weighted by Gasteiger charge is -2.29. The SMILES string of the molecule is CC(=O)Nc1cccc(NC(=S)N2CCCCC2)c1. The van der Waals surface area contributed by atoms with Crippen molar-refractivity contribution in [2.24, 2.45) is 0 Å². The van der Waals surface area contributed by atoms with E-state index in [1.807, 2.05) is 24.3 Å². The van der Waals surface area contributed by atoms with Crippen molar-refractivity contribution in [2.45, 2.75) is 26.2 Å². The minimum Gasteiger partial charge on any atom is -0.349 e. The number of nitrogens with zero attached hydrogens (tertiary/aromatic N) is 1. The van der Waals surface area contributed by atoms with Crippen LogP contribution in [0.15, 0.2) is 24.3 Å². The van der Waals surface area contributed by atoms with E-state index in [1.54, 1.807) is 0 Å². The Morgan fingerprint density at radius 3 is 2.42 bits per heavy atom. The van der Waals surface area contributed by atoms with Crippen molar-refractivity contribution in [1.29, 1.82) is 0 Å². The zero-order chi connectivity index (χ0) is 13.7. The van der Waals surface area contributed by atoms with Crippen molar-refractivity contribution >= 4 is 34.6 Å². The molecule has 0 saturated carbocycles. The van der Waals surface area contributed by atoms with Gasteiger partial charge in [-0.25, -0.2) is 0 Å². The summed E-state index contributed by atoms with van der Waals surface area (Å²) >= 11 is 5.41. The molecule has 0 aliphatic carbocycles. The number of anilines is 2. The highest BCUT2D eigenvalue weighted by Crippen LogP contribution is 2.17. The summed E-state index contributed by atoms with van der Waals surface area (Å²) in [7, 11) is 0. The van der Waals surface area contributed by atoms with Crippen LogP contribution in [0, 0.1) is 0 Å². The van der Waals surface area contributed by atoms with Crippen LogP contribution in [-0.2, 0) is 4.79 Å². The highest BCUT2D eigenvalue weighted by molar-refractivity contribution is 7.80. The number of benzene rings is 1. The Morgan fingerprint density at radius 1 is 1.16 bits per heavy atom. The van der Waals surface area contributed by atoms with Crippen LogP contribution < -0.4 is 10.6 Å². The number of carbonyl (C=O) groups excluding carboxylic acids is 1. The van der Waals surface area contributed by atoms with Crippen LogP contribution in [0.1, 0.15) is 26.2 Å². The van der Waals surface area contributed by atoms with Gasteiger partial charge in [0.15, 0.2) is 5.11 Å². The van der Waals surface area contributed by atoms with E-state index in [0.717, 1.165) is 29.6 Å². The first-order chi connectivity index (χ1) is 9.15. The molecule has 0 aromatic heterocycles. The normalized spacial score (nSPS) is 14.9. The first-order valence-electron chi connectivity index (χ1n) is 6.59. The van der Waals surface area contributed by atoms with E-state index < -0.39 is 0 Å². The number of rotatable bonds is 2. The van der Waals surface area contributed by atoms with E-state index in [4.69, 9.17) is 12.2 Å². The molecule has 102 valence electrons. The van der Waals surface area contributed by atoms with E-state index in [0.29, 0.717) is 0 Å². The number of piperidine rings is 1. The third-order valence-corrected chi connectivity index (χ3v) is 3.44. The topological polar surface area (TPSA) is 44.4 Å². The van der Waals surface area contributed by atoms with Gasteiger partial charge in [0.1, 0.15) is 0 Å². The summed E-state index contributed by atoms with van der Waals surface area (Å²) < 4.78 is 0. The third-order valence-electron chi connectivity index (χ3n) is 3.08. The number of hydrogen-bond acceptors (Lipinski definition) is 2. The molecule has 5 heteroatoms. The van der Waals surface area contributed by atoms with Crippen LogP contribution in [0.2, 0.25) is 0 Å². The molecule has 1 aliphatic rings. The number of likely N-dealkylation sites (tertiary alicyclic amines) is 1. The molecule has 2 rings (SSSR count). The molecule has 19 heavy (non-hydrogen) atoms. The molecular formula is C14H19N3OS. The molecule has 2 N–H and O–H groups in total. The van der Waals surface area contributed by atoms with Crippen molar-refractivity contribution in [3.8, 4) is 0 Å².